The van der Waals surface area contributed by atoms with Crippen molar-refractivity contribution in [3.63, 3.8) is 0 Å². The zero-order chi connectivity index (χ0) is 14.7. The molecule has 0 atom stereocenters. The van der Waals surface area contributed by atoms with E-state index >= 15 is 0 Å². The number of amidine groups is 1. The van der Waals surface area contributed by atoms with Crippen molar-refractivity contribution in [2.24, 2.45) is 10.9 Å². The number of nitrogens with two attached hydrogens (primary N) is 1. The van der Waals surface area contributed by atoms with Crippen LogP contribution in [0.5, 0.6) is 0 Å². The molecular weight excluding hydrogens is 320 g/mol. The van der Waals surface area contributed by atoms with Gasteiger partial charge in [-0.05, 0) is 58.7 Å². The third-order valence-electron chi connectivity index (χ3n) is 3.03. The van der Waals surface area contributed by atoms with E-state index in [1.165, 1.54) is 0 Å². The maximum absolute atomic E-state index is 8.64. The second-order valence-corrected chi connectivity index (χ2v) is 5.24. The number of hydrogen-bond donors (Lipinski definition) is 2. The molecule has 1 aromatic carbocycles. The van der Waals surface area contributed by atoms with E-state index in [0.29, 0.717) is 5.56 Å². The van der Waals surface area contributed by atoms with E-state index in [1.54, 1.807) is 18.3 Å². The summed E-state index contributed by atoms with van der Waals surface area (Å²) >= 11 is 3.44. The Kier molecular flexibility index (Phi) is 4.24. The van der Waals surface area contributed by atoms with E-state index in [0.717, 1.165) is 21.5 Å². The van der Waals surface area contributed by atoms with E-state index in [1.807, 2.05) is 37.1 Å². The molecule has 0 fully saturated rings. The summed E-state index contributed by atoms with van der Waals surface area (Å²) in [6.45, 7) is 2.02. The highest BCUT2D eigenvalue weighted by atomic mass is 79.9. The fourth-order valence-electron chi connectivity index (χ4n) is 1.75. The number of halogens is 1. The number of oxime groups is 1. The molecule has 0 saturated heterocycles. The summed E-state index contributed by atoms with van der Waals surface area (Å²) in [5.74, 6) is 0.944. The third kappa shape index (κ3) is 2.91. The van der Waals surface area contributed by atoms with Gasteiger partial charge in [0.25, 0.3) is 0 Å². The van der Waals surface area contributed by atoms with Crippen LogP contribution in [0.1, 0.15) is 11.1 Å². The zero-order valence-electron chi connectivity index (χ0n) is 11.2. The number of hydrogen-bond acceptors (Lipinski definition) is 4. The Labute approximate surface area is 125 Å². The predicted octanol–water partition coefficient (Wildman–Crippen LogP) is 3.01. The number of benzene rings is 1. The van der Waals surface area contributed by atoms with Gasteiger partial charge >= 0.3 is 0 Å². The van der Waals surface area contributed by atoms with Gasteiger partial charge in [0.2, 0.25) is 0 Å². The second kappa shape index (κ2) is 5.92. The van der Waals surface area contributed by atoms with Crippen LogP contribution in [0.15, 0.2) is 46.2 Å². The first-order valence-corrected chi connectivity index (χ1v) is 6.76. The van der Waals surface area contributed by atoms with Crippen LogP contribution in [0.4, 0.5) is 11.5 Å². The molecule has 20 heavy (non-hydrogen) atoms. The quantitative estimate of drug-likeness (QED) is 0.391. The Morgan fingerprint density at radius 2 is 2.00 bits per heavy atom. The second-order valence-electron chi connectivity index (χ2n) is 4.38. The van der Waals surface area contributed by atoms with Crippen molar-refractivity contribution >= 4 is 33.3 Å². The van der Waals surface area contributed by atoms with Crippen LogP contribution < -0.4 is 10.6 Å². The van der Waals surface area contributed by atoms with Crippen LogP contribution >= 0.6 is 15.9 Å². The molecule has 2 aromatic rings. The zero-order valence-corrected chi connectivity index (χ0v) is 12.8. The molecule has 0 spiro atoms. The maximum atomic E-state index is 8.64. The van der Waals surface area contributed by atoms with Crippen LogP contribution in [-0.4, -0.2) is 23.1 Å². The fourth-order valence-corrected chi connectivity index (χ4v) is 1.97. The molecule has 0 radical (unpaired) electrons. The highest BCUT2D eigenvalue weighted by molar-refractivity contribution is 9.10. The molecule has 0 amide bonds. The Morgan fingerprint density at radius 3 is 2.55 bits per heavy atom. The summed E-state index contributed by atoms with van der Waals surface area (Å²) in [6.07, 6.45) is 1.78. The molecule has 6 heteroatoms. The van der Waals surface area contributed by atoms with Gasteiger partial charge in [0.05, 0.1) is 0 Å². The minimum Gasteiger partial charge on any atom is -0.409 e. The average molecular weight is 335 g/mol. The van der Waals surface area contributed by atoms with Crippen molar-refractivity contribution in [1.29, 1.82) is 0 Å². The van der Waals surface area contributed by atoms with E-state index < -0.39 is 0 Å². The van der Waals surface area contributed by atoms with Gasteiger partial charge in [-0.1, -0.05) is 5.16 Å². The molecule has 2 rings (SSSR count). The minimum absolute atomic E-state index is 0.0943. The smallest absolute Gasteiger partial charge is 0.170 e. The highest BCUT2D eigenvalue weighted by Gasteiger charge is 2.07. The van der Waals surface area contributed by atoms with Crippen molar-refractivity contribution in [3.8, 4) is 0 Å². The van der Waals surface area contributed by atoms with E-state index in [9.17, 15) is 0 Å². The van der Waals surface area contributed by atoms with Gasteiger partial charge in [-0.3, -0.25) is 0 Å². The van der Waals surface area contributed by atoms with E-state index in [-0.39, 0.29) is 5.84 Å². The number of anilines is 2. The van der Waals surface area contributed by atoms with Crippen molar-refractivity contribution in [1.82, 2.24) is 4.98 Å². The number of aryl methyl sites for hydroxylation is 1. The average Bonchev–Trinajstić information content (AvgIpc) is 2.48. The summed E-state index contributed by atoms with van der Waals surface area (Å²) in [5, 5.41) is 11.6. The third-order valence-corrected chi connectivity index (χ3v) is 3.86. The first kappa shape index (κ1) is 14.3. The van der Waals surface area contributed by atoms with E-state index in [2.05, 4.69) is 26.1 Å². The number of pyridine rings is 1. The molecule has 0 saturated carbocycles. The summed E-state index contributed by atoms with van der Waals surface area (Å²) in [7, 11) is 1.94. The molecule has 0 aliphatic carbocycles. The van der Waals surface area contributed by atoms with Crippen molar-refractivity contribution in [2.45, 2.75) is 6.92 Å². The first-order valence-electron chi connectivity index (χ1n) is 5.96. The topological polar surface area (TPSA) is 74.7 Å². The number of rotatable bonds is 3. The standard InChI is InChI=1S/C14H15BrN4O/c1-9-7-13(17-8-12(9)15)19(2)11-5-3-10(4-6-11)14(16)18-20/h3-8,20H,1-2H3,(H2,16,18). The van der Waals surface area contributed by atoms with Gasteiger partial charge in [-0.25, -0.2) is 4.98 Å². The van der Waals surface area contributed by atoms with Gasteiger partial charge in [0, 0.05) is 29.0 Å². The summed E-state index contributed by atoms with van der Waals surface area (Å²) in [4.78, 5) is 6.35. The fraction of sp³-hybridized carbons (Fsp3) is 0.143. The van der Waals surface area contributed by atoms with Gasteiger partial charge in [0.1, 0.15) is 5.82 Å². The molecule has 0 unspecified atom stereocenters. The van der Waals surface area contributed by atoms with Crippen LogP contribution in [0.3, 0.4) is 0 Å². The molecule has 1 aromatic heterocycles. The van der Waals surface area contributed by atoms with Crippen LogP contribution in [0.25, 0.3) is 0 Å². The molecule has 0 aliphatic heterocycles. The lowest BCUT2D eigenvalue weighted by Crippen LogP contribution is -2.14. The van der Waals surface area contributed by atoms with Gasteiger partial charge in [-0.2, -0.15) is 0 Å². The Hall–Kier alpha value is -2.08. The summed E-state index contributed by atoms with van der Waals surface area (Å²) in [6, 6.07) is 9.39. The first-order chi connectivity index (χ1) is 9.52. The lowest BCUT2D eigenvalue weighted by molar-refractivity contribution is 0.318. The van der Waals surface area contributed by atoms with Gasteiger partial charge in [-0.15, -0.1) is 0 Å². The molecule has 0 aliphatic rings. The lowest BCUT2D eigenvalue weighted by atomic mass is 10.2. The molecule has 5 nitrogen and oxygen atoms in total. The highest BCUT2D eigenvalue weighted by Crippen LogP contribution is 2.25. The van der Waals surface area contributed by atoms with Crippen molar-refractivity contribution in [2.75, 3.05) is 11.9 Å². The van der Waals surface area contributed by atoms with E-state index in [4.69, 9.17) is 10.9 Å². The van der Waals surface area contributed by atoms with Crippen molar-refractivity contribution in [3.05, 3.63) is 52.1 Å². The summed E-state index contributed by atoms with van der Waals surface area (Å²) < 4.78 is 0.983. The molecular formula is C14H15BrN4O. The number of nitrogens with zero attached hydrogens (tertiary/aromatic N) is 3. The Bertz CT molecular complexity index is 640. The summed E-state index contributed by atoms with van der Waals surface area (Å²) in [5.41, 5.74) is 8.29. The Morgan fingerprint density at radius 1 is 1.35 bits per heavy atom. The SMILES string of the molecule is Cc1cc(N(C)c2ccc(/C(N)=N/O)cc2)ncc1Br. The van der Waals surface area contributed by atoms with Gasteiger partial charge in [0.15, 0.2) is 5.84 Å². The number of aromatic nitrogens is 1. The largest absolute Gasteiger partial charge is 0.409 e. The maximum Gasteiger partial charge on any atom is 0.170 e. The lowest BCUT2D eigenvalue weighted by Gasteiger charge is -2.19. The minimum atomic E-state index is 0.0943. The normalized spacial score (nSPS) is 11.4. The van der Waals surface area contributed by atoms with Crippen molar-refractivity contribution < 1.29 is 5.21 Å². The van der Waals surface area contributed by atoms with Crippen LogP contribution in [0, 0.1) is 6.92 Å². The predicted molar refractivity (Wildman–Crippen MR) is 83.7 cm³/mol. The Balaban J connectivity index is 2.28. The molecule has 104 valence electrons. The van der Waals surface area contributed by atoms with Gasteiger partial charge < -0.3 is 15.8 Å². The van der Waals surface area contributed by atoms with Crippen LogP contribution in [0.2, 0.25) is 0 Å². The van der Waals surface area contributed by atoms with Crippen LogP contribution in [-0.2, 0) is 0 Å². The molecule has 3 N–H and O–H groups in total. The molecule has 1 heterocycles. The molecule has 0 bridgehead atoms. The monoisotopic (exact) mass is 334 g/mol.